The third-order valence-electron chi connectivity index (χ3n) is 5.24. The lowest BCUT2D eigenvalue weighted by Gasteiger charge is -2.26. The van der Waals surface area contributed by atoms with Crippen LogP contribution in [0.5, 0.6) is 0 Å². The Morgan fingerprint density at radius 3 is 2.79 bits per heavy atom. The van der Waals surface area contributed by atoms with Crippen molar-refractivity contribution in [3.05, 3.63) is 27.9 Å². The summed E-state index contributed by atoms with van der Waals surface area (Å²) in [5.74, 6) is -4.55. The van der Waals surface area contributed by atoms with E-state index >= 15 is 0 Å². The van der Waals surface area contributed by atoms with E-state index in [1.54, 1.807) is 16.9 Å². The molecule has 0 bridgehead atoms. The van der Waals surface area contributed by atoms with E-state index in [9.17, 15) is 13.6 Å². The number of alkyl halides is 2. The van der Waals surface area contributed by atoms with Gasteiger partial charge < -0.3 is 4.74 Å². The molecular weight excluding hydrogens is 382 g/mol. The molecule has 1 atom stereocenters. The topological polar surface area (TPSA) is 44.1 Å². The highest BCUT2D eigenvalue weighted by molar-refractivity contribution is 9.10. The Kier molecular flexibility index (Phi) is 3.42. The highest BCUT2D eigenvalue weighted by Gasteiger charge is 2.61. The molecule has 128 valence electrons. The second-order valence-corrected chi connectivity index (χ2v) is 7.78. The van der Waals surface area contributed by atoms with Crippen molar-refractivity contribution in [1.82, 2.24) is 9.78 Å². The van der Waals surface area contributed by atoms with Gasteiger partial charge in [-0.3, -0.25) is 4.79 Å². The minimum atomic E-state index is -3.42. The Balaban J connectivity index is 1.96. The molecule has 1 aromatic carbocycles. The van der Waals surface area contributed by atoms with Gasteiger partial charge in [0.25, 0.3) is 0 Å². The molecule has 0 radical (unpaired) electrons. The van der Waals surface area contributed by atoms with E-state index in [1.807, 2.05) is 0 Å². The van der Waals surface area contributed by atoms with Crippen LogP contribution in [0.1, 0.15) is 55.3 Å². The predicted octanol–water partition coefficient (Wildman–Crippen LogP) is 4.61. The van der Waals surface area contributed by atoms with Gasteiger partial charge in [0.15, 0.2) is 6.23 Å². The molecule has 4 rings (SSSR count). The number of rotatable bonds is 1. The van der Waals surface area contributed by atoms with E-state index in [1.165, 1.54) is 13.8 Å². The van der Waals surface area contributed by atoms with Crippen molar-refractivity contribution in [3.63, 3.8) is 0 Å². The van der Waals surface area contributed by atoms with Gasteiger partial charge in [0.1, 0.15) is 0 Å². The quantitative estimate of drug-likeness (QED) is 0.704. The summed E-state index contributed by atoms with van der Waals surface area (Å²) in [4.78, 5) is 12.3. The fourth-order valence-corrected chi connectivity index (χ4v) is 4.32. The van der Waals surface area contributed by atoms with E-state index in [2.05, 4.69) is 21.0 Å². The Labute approximate surface area is 146 Å². The molecule has 2 aliphatic rings. The Morgan fingerprint density at radius 2 is 2.12 bits per heavy atom. The summed E-state index contributed by atoms with van der Waals surface area (Å²) in [5.41, 5.74) is -0.416. The highest BCUT2D eigenvalue weighted by Crippen LogP contribution is 2.52. The maximum absolute atomic E-state index is 14.5. The van der Waals surface area contributed by atoms with Crippen molar-refractivity contribution in [2.45, 2.75) is 50.7 Å². The van der Waals surface area contributed by atoms with Gasteiger partial charge in [-0.1, -0.05) is 0 Å². The lowest BCUT2D eigenvalue weighted by atomic mass is 9.83. The first-order valence-corrected chi connectivity index (χ1v) is 8.80. The fraction of sp³-hybridized carbons (Fsp3) is 0.529. The van der Waals surface area contributed by atoms with Gasteiger partial charge in [-0.2, -0.15) is 13.9 Å². The molecule has 2 heterocycles. The average molecular weight is 399 g/mol. The average Bonchev–Trinajstić information content (AvgIpc) is 3.03. The summed E-state index contributed by atoms with van der Waals surface area (Å²) in [6.45, 7) is 3.49. The predicted molar refractivity (Wildman–Crippen MR) is 88.6 cm³/mol. The molecule has 24 heavy (non-hydrogen) atoms. The molecule has 1 fully saturated rings. The van der Waals surface area contributed by atoms with E-state index in [-0.39, 0.29) is 11.8 Å². The van der Waals surface area contributed by atoms with Crippen LogP contribution >= 0.6 is 15.9 Å². The molecular formula is C17H17BrF2N2O2. The third-order valence-corrected chi connectivity index (χ3v) is 6.06. The number of carbonyl (C=O) groups is 1. The zero-order valence-electron chi connectivity index (χ0n) is 13.4. The molecule has 1 aliphatic heterocycles. The zero-order chi connectivity index (χ0) is 17.3. The number of hydrogen-bond donors (Lipinski definition) is 0. The number of ketones is 1. The van der Waals surface area contributed by atoms with E-state index < -0.39 is 17.1 Å². The monoisotopic (exact) mass is 398 g/mol. The van der Waals surface area contributed by atoms with Gasteiger partial charge in [0.05, 0.1) is 17.1 Å². The molecule has 2 aromatic rings. The van der Waals surface area contributed by atoms with Crippen LogP contribution in [0, 0.1) is 0 Å². The first kappa shape index (κ1) is 16.1. The second kappa shape index (κ2) is 5.08. The van der Waals surface area contributed by atoms with Crippen LogP contribution in [-0.4, -0.2) is 28.1 Å². The van der Waals surface area contributed by atoms with E-state index in [4.69, 9.17) is 4.74 Å². The number of nitrogens with zero attached hydrogens (tertiary/aromatic N) is 2. The van der Waals surface area contributed by atoms with Crippen LogP contribution in [0.15, 0.2) is 16.7 Å². The summed E-state index contributed by atoms with van der Waals surface area (Å²) in [6.07, 6.45) is 4.31. The minimum absolute atomic E-state index is 0.0709. The molecule has 1 saturated heterocycles. The number of halogens is 3. The van der Waals surface area contributed by atoms with Crippen molar-refractivity contribution in [3.8, 4) is 0 Å². The molecule has 1 unspecified atom stereocenters. The first-order chi connectivity index (χ1) is 11.3. The number of ether oxygens (including phenoxy) is 1. The van der Waals surface area contributed by atoms with Crippen molar-refractivity contribution in [2.75, 3.05) is 6.61 Å². The highest BCUT2D eigenvalue weighted by atomic mass is 79.9. The fourth-order valence-electron chi connectivity index (χ4n) is 3.62. The van der Waals surface area contributed by atoms with Gasteiger partial charge in [-0.15, -0.1) is 0 Å². The molecule has 0 spiro atoms. The molecule has 7 heteroatoms. The maximum atomic E-state index is 14.5. The molecule has 1 aromatic heterocycles. The molecule has 0 N–H and O–H groups in total. The molecule has 1 aliphatic carbocycles. The summed E-state index contributed by atoms with van der Waals surface area (Å²) in [5, 5.41) is 5.05. The molecule has 4 nitrogen and oxygen atoms in total. The Morgan fingerprint density at radius 1 is 1.38 bits per heavy atom. The van der Waals surface area contributed by atoms with E-state index in [0.717, 1.165) is 19.3 Å². The number of aromatic nitrogens is 2. The van der Waals surface area contributed by atoms with Gasteiger partial charge in [0, 0.05) is 22.0 Å². The van der Waals surface area contributed by atoms with E-state index in [0.29, 0.717) is 27.5 Å². The summed E-state index contributed by atoms with van der Waals surface area (Å²) >= 11 is 3.37. The molecule has 0 saturated carbocycles. The first-order valence-electron chi connectivity index (χ1n) is 8.01. The van der Waals surface area contributed by atoms with Crippen molar-refractivity contribution in [1.29, 1.82) is 0 Å². The van der Waals surface area contributed by atoms with Crippen LogP contribution in [0.3, 0.4) is 0 Å². The van der Waals surface area contributed by atoms with Crippen LogP contribution < -0.4 is 0 Å². The lowest BCUT2D eigenvalue weighted by molar-refractivity contribution is -0.0367. The van der Waals surface area contributed by atoms with Crippen molar-refractivity contribution in [2.24, 2.45) is 0 Å². The summed E-state index contributed by atoms with van der Waals surface area (Å²) < 4.78 is 36.9. The number of carbonyl (C=O) groups excluding carboxylic acids is 1. The normalized spacial score (nSPS) is 25.2. The van der Waals surface area contributed by atoms with Crippen molar-refractivity contribution >= 4 is 32.6 Å². The third kappa shape index (κ3) is 1.91. The lowest BCUT2D eigenvalue weighted by Crippen LogP contribution is -2.40. The van der Waals surface area contributed by atoms with Gasteiger partial charge in [0.2, 0.25) is 5.78 Å². The van der Waals surface area contributed by atoms with Crippen LogP contribution in [0.25, 0.3) is 10.9 Å². The molecule has 0 amide bonds. The number of Topliss-reactive ketones (excluding diaryl/α,β-unsaturated/α-hetero) is 1. The largest absolute Gasteiger partial charge is 0.356 e. The van der Waals surface area contributed by atoms with Crippen molar-refractivity contribution < 1.29 is 18.3 Å². The van der Waals surface area contributed by atoms with Gasteiger partial charge in [-0.05, 0) is 60.7 Å². The summed E-state index contributed by atoms with van der Waals surface area (Å²) in [6, 6.07) is 1.68. The summed E-state index contributed by atoms with van der Waals surface area (Å²) in [7, 11) is 0. The standard InChI is InChI=1S/C17H17BrF2N2O2/c1-16(2)10-7-11-9(14(18)13(10)15(23)17(16,19)20)8-21-22(11)12-5-3-4-6-24-12/h7-8,12H,3-6H2,1-2H3. The van der Waals surface area contributed by atoms with Crippen LogP contribution in [0.2, 0.25) is 0 Å². The number of fused-ring (bicyclic) bond motifs is 2. The number of benzene rings is 1. The Bertz CT molecular complexity index is 854. The Hall–Kier alpha value is -1.34. The van der Waals surface area contributed by atoms with Gasteiger partial charge in [-0.25, -0.2) is 4.68 Å². The van der Waals surface area contributed by atoms with Crippen LogP contribution in [-0.2, 0) is 10.2 Å². The smallest absolute Gasteiger partial charge is 0.318 e. The minimum Gasteiger partial charge on any atom is -0.356 e. The maximum Gasteiger partial charge on any atom is 0.318 e. The number of hydrogen-bond acceptors (Lipinski definition) is 3. The second-order valence-electron chi connectivity index (χ2n) is 6.98. The zero-order valence-corrected chi connectivity index (χ0v) is 15.0. The van der Waals surface area contributed by atoms with Gasteiger partial charge >= 0.3 is 5.92 Å². The van der Waals surface area contributed by atoms with Crippen LogP contribution in [0.4, 0.5) is 8.78 Å². The SMILES string of the molecule is CC1(C)c2cc3c(cnn3C3CCCCO3)c(Br)c2C(=O)C1(F)F.